The molecule has 1 rings (SSSR count). The normalized spacial score (nSPS) is 10.7. The highest BCUT2D eigenvalue weighted by Gasteiger charge is 2.10. The Hall–Kier alpha value is -1.42. The van der Waals surface area contributed by atoms with E-state index in [4.69, 9.17) is 4.74 Å². The van der Waals surface area contributed by atoms with Crippen molar-refractivity contribution < 1.29 is 4.74 Å². The quantitative estimate of drug-likeness (QED) is 0.549. The van der Waals surface area contributed by atoms with Crippen LogP contribution < -0.4 is 10.1 Å². The summed E-state index contributed by atoms with van der Waals surface area (Å²) in [6.45, 7) is 12.3. The second-order valence-corrected chi connectivity index (χ2v) is 4.80. The van der Waals surface area contributed by atoms with E-state index in [0.29, 0.717) is 12.5 Å². The maximum Gasteiger partial charge on any atom is 0.160 e. The van der Waals surface area contributed by atoms with Crippen molar-refractivity contribution in [3.63, 3.8) is 0 Å². The molecule has 4 heteroatoms. The Morgan fingerprint density at radius 1 is 1.47 bits per heavy atom. The van der Waals surface area contributed by atoms with Gasteiger partial charge in [0.1, 0.15) is 5.82 Å². The second-order valence-electron chi connectivity index (χ2n) is 4.80. The number of hydrogen-bond donors (Lipinski definition) is 1. The Kier molecular flexibility index (Phi) is 7.11. The molecular formula is C15H25N3O. The number of aromatic nitrogens is 2. The van der Waals surface area contributed by atoms with E-state index in [1.807, 2.05) is 6.08 Å². The fourth-order valence-corrected chi connectivity index (χ4v) is 1.58. The predicted molar refractivity (Wildman–Crippen MR) is 78.4 cm³/mol. The van der Waals surface area contributed by atoms with Crippen LogP contribution in [0.1, 0.15) is 51.0 Å². The van der Waals surface area contributed by atoms with E-state index in [1.54, 1.807) is 6.20 Å². The molecule has 0 aromatic carbocycles. The molecule has 0 aliphatic carbocycles. The number of nitrogens with one attached hydrogen (secondary N) is 1. The van der Waals surface area contributed by atoms with Gasteiger partial charge >= 0.3 is 0 Å². The lowest BCUT2D eigenvalue weighted by molar-refractivity contribution is 0.316. The predicted octanol–water partition coefficient (Wildman–Crippen LogP) is 3.05. The van der Waals surface area contributed by atoms with Gasteiger partial charge in [0.2, 0.25) is 0 Å². The first kappa shape index (κ1) is 15.6. The zero-order chi connectivity index (χ0) is 14.1. The Morgan fingerprint density at radius 2 is 2.26 bits per heavy atom. The van der Waals surface area contributed by atoms with Crippen LogP contribution in [0, 0.1) is 0 Å². The molecule has 1 N–H and O–H groups in total. The first-order chi connectivity index (χ1) is 9.19. The van der Waals surface area contributed by atoms with Crippen LogP contribution in [0.5, 0.6) is 5.75 Å². The summed E-state index contributed by atoms with van der Waals surface area (Å²) in [5, 5.41) is 3.36. The van der Waals surface area contributed by atoms with Crippen LogP contribution in [0.15, 0.2) is 18.9 Å². The smallest absolute Gasteiger partial charge is 0.160 e. The lowest BCUT2D eigenvalue weighted by atomic mass is 10.2. The van der Waals surface area contributed by atoms with E-state index < -0.39 is 0 Å². The average Bonchev–Trinajstić information content (AvgIpc) is 2.40. The molecule has 1 heterocycles. The summed E-state index contributed by atoms with van der Waals surface area (Å²) in [4.78, 5) is 8.95. The molecule has 106 valence electrons. The van der Waals surface area contributed by atoms with E-state index in [2.05, 4.69) is 42.6 Å². The zero-order valence-corrected chi connectivity index (χ0v) is 12.3. The van der Waals surface area contributed by atoms with Gasteiger partial charge in [-0.2, -0.15) is 0 Å². The molecule has 0 aliphatic rings. The van der Waals surface area contributed by atoms with E-state index in [-0.39, 0.29) is 0 Å². The topological polar surface area (TPSA) is 47.0 Å². The summed E-state index contributed by atoms with van der Waals surface area (Å²) in [5.41, 5.74) is 0.941. The SMILES string of the molecule is C=CCCOc1cnc(C(C)C)nc1CNCCC. The van der Waals surface area contributed by atoms with E-state index in [1.165, 1.54) is 0 Å². The number of nitrogens with zero attached hydrogens (tertiary/aromatic N) is 2. The van der Waals surface area contributed by atoms with Crippen LogP contribution in [-0.4, -0.2) is 23.1 Å². The molecule has 0 saturated carbocycles. The molecule has 4 nitrogen and oxygen atoms in total. The Morgan fingerprint density at radius 3 is 2.89 bits per heavy atom. The van der Waals surface area contributed by atoms with Crippen molar-refractivity contribution >= 4 is 0 Å². The fraction of sp³-hybridized carbons (Fsp3) is 0.600. The Balaban J connectivity index is 2.77. The molecule has 0 saturated heterocycles. The first-order valence-corrected chi connectivity index (χ1v) is 6.99. The molecule has 0 bridgehead atoms. The van der Waals surface area contributed by atoms with Crippen molar-refractivity contribution in [2.45, 2.75) is 46.1 Å². The monoisotopic (exact) mass is 263 g/mol. The highest BCUT2D eigenvalue weighted by atomic mass is 16.5. The molecule has 0 unspecified atom stereocenters. The summed E-state index contributed by atoms with van der Waals surface area (Å²) in [5.74, 6) is 1.96. The minimum Gasteiger partial charge on any atom is -0.490 e. The van der Waals surface area contributed by atoms with E-state index in [9.17, 15) is 0 Å². The van der Waals surface area contributed by atoms with Crippen molar-refractivity contribution in [1.82, 2.24) is 15.3 Å². The van der Waals surface area contributed by atoms with Crippen molar-refractivity contribution in [1.29, 1.82) is 0 Å². The van der Waals surface area contributed by atoms with Gasteiger partial charge in [-0.25, -0.2) is 9.97 Å². The van der Waals surface area contributed by atoms with Crippen molar-refractivity contribution in [2.75, 3.05) is 13.2 Å². The van der Waals surface area contributed by atoms with Crippen LogP contribution in [0.3, 0.4) is 0 Å². The van der Waals surface area contributed by atoms with Gasteiger partial charge < -0.3 is 10.1 Å². The molecule has 0 aliphatic heterocycles. The summed E-state index contributed by atoms with van der Waals surface area (Å²) >= 11 is 0. The second kappa shape index (κ2) is 8.64. The van der Waals surface area contributed by atoms with Crippen molar-refractivity contribution in [3.05, 3.63) is 30.4 Å². The lowest BCUT2D eigenvalue weighted by Gasteiger charge is -2.13. The number of rotatable bonds is 9. The highest BCUT2D eigenvalue weighted by Crippen LogP contribution is 2.18. The molecule has 1 aromatic heterocycles. The van der Waals surface area contributed by atoms with E-state index >= 15 is 0 Å². The van der Waals surface area contributed by atoms with Crippen LogP contribution >= 0.6 is 0 Å². The third-order valence-electron chi connectivity index (χ3n) is 2.66. The third kappa shape index (κ3) is 5.39. The molecule has 0 spiro atoms. The third-order valence-corrected chi connectivity index (χ3v) is 2.66. The first-order valence-electron chi connectivity index (χ1n) is 6.99. The Bertz CT molecular complexity index is 391. The number of hydrogen-bond acceptors (Lipinski definition) is 4. The van der Waals surface area contributed by atoms with Crippen molar-refractivity contribution in [2.24, 2.45) is 0 Å². The maximum atomic E-state index is 5.71. The van der Waals surface area contributed by atoms with Crippen molar-refractivity contribution in [3.8, 4) is 5.75 Å². The summed E-state index contributed by atoms with van der Waals surface area (Å²) in [6, 6.07) is 0. The minimum atomic E-state index is 0.326. The minimum absolute atomic E-state index is 0.326. The molecule has 19 heavy (non-hydrogen) atoms. The maximum absolute atomic E-state index is 5.71. The van der Waals surface area contributed by atoms with Gasteiger partial charge in [-0.15, -0.1) is 6.58 Å². The summed E-state index contributed by atoms with van der Waals surface area (Å²) in [6.07, 6.45) is 5.56. The summed E-state index contributed by atoms with van der Waals surface area (Å²) < 4.78 is 5.71. The van der Waals surface area contributed by atoms with Gasteiger partial charge in [-0.3, -0.25) is 0 Å². The van der Waals surface area contributed by atoms with Crippen LogP contribution in [0.25, 0.3) is 0 Å². The molecule has 0 amide bonds. The molecule has 1 aromatic rings. The highest BCUT2D eigenvalue weighted by molar-refractivity contribution is 5.25. The fourth-order valence-electron chi connectivity index (χ4n) is 1.58. The van der Waals surface area contributed by atoms with Gasteiger partial charge in [-0.1, -0.05) is 26.8 Å². The Labute approximate surface area is 116 Å². The van der Waals surface area contributed by atoms with Crippen LogP contribution in [0.4, 0.5) is 0 Å². The standard InChI is InChI=1S/C15H25N3O/c1-5-7-9-19-14-11-17-15(12(3)4)18-13(14)10-16-8-6-2/h5,11-12,16H,1,6-10H2,2-4H3. The van der Waals surface area contributed by atoms with Gasteiger partial charge in [-0.05, 0) is 19.4 Å². The average molecular weight is 263 g/mol. The lowest BCUT2D eigenvalue weighted by Crippen LogP contribution is -2.17. The van der Waals surface area contributed by atoms with E-state index in [0.717, 1.165) is 43.2 Å². The van der Waals surface area contributed by atoms with Gasteiger partial charge in [0.05, 0.1) is 18.5 Å². The molecule has 0 atom stereocenters. The van der Waals surface area contributed by atoms with Crippen LogP contribution in [0.2, 0.25) is 0 Å². The number of ether oxygens (including phenoxy) is 1. The zero-order valence-electron chi connectivity index (χ0n) is 12.3. The van der Waals surface area contributed by atoms with Gasteiger partial charge in [0.15, 0.2) is 5.75 Å². The van der Waals surface area contributed by atoms with Gasteiger partial charge in [0, 0.05) is 12.5 Å². The molecule has 0 fully saturated rings. The summed E-state index contributed by atoms with van der Waals surface area (Å²) in [7, 11) is 0. The molecular weight excluding hydrogens is 238 g/mol. The van der Waals surface area contributed by atoms with Gasteiger partial charge in [0.25, 0.3) is 0 Å². The van der Waals surface area contributed by atoms with Crippen LogP contribution in [-0.2, 0) is 6.54 Å². The largest absolute Gasteiger partial charge is 0.490 e. The molecule has 0 radical (unpaired) electrons.